The van der Waals surface area contributed by atoms with Crippen molar-refractivity contribution in [3.8, 4) is 0 Å². The van der Waals surface area contributed by atoms with Crippen molar-refractivity contribution in [2.24, 2.45) is 11.3 Å². The molecule has 0 aromatic heterocycles. The summed E-state index contributed by atoms with van der Waals surface area (Å²) in [6, 6.07) is 0. The SMILES string of the molecule is CCCC(COOC1(C)CCCC1)C(C)(C)C. The summed E-state index contributed by atoms with van der Waals surface area (Å²) >= 11 is 0. The second-order valence-corrected chi connectivity index (χ2v) is 6.88. The Morgan fingerprint density at radius 3 is 2.24 bits per heavy atom. The fourth-order valence-electron chi connectivity index (χ4n) is 2.58. The van der Waals surface area contributed by atoms with Crippen molar-refractivity contribution >= 4 is 0 Å². The zero-order chi connectivity index (χ0) is 12.9. The molecule has 0 aliphatic heterocycles. The van der Waals surface area contributed by atoms with Gasteiger partial charge in [-0.05, 0) is 37.5 Å². The molecule has 0 amide bonds. The largest absolute Gasteiger partial charge is 0.236 e. The third-order valence-electron chi connectivity index (χ3n) is 4.05. The average Bonchev–Trinajstić information content (AvgIpc) is 2.63. The first-order valence-corrected chi connectivity index (χ1v) is 7.18. The van der Waals surface area contributed by atoms with Crippen LogP contribution < -0.4 is 0 Å². The second kappa shape index (κ2) is 6.19. The highest BCUT2D eigenvalue weighted by Gasteiger charge is 2.32. The highest BCUT2D eigenvalue weighted by molar-refractivity contribution is 4.80. The van der Waals surface area contributed by atoms with E-state index < -0.39 is 0 Å². The summed E-state index contributed by atoms with van der Waals surface area (Å²) in [6.45, 7) is 12.0. The van der Waals surface area contributed by atoms with Gasteiger partial charge < -0.3 is 0 Å². The summed E-state index contributed by atoms with van der Waals surface area (Å²) in [6.07, 6.45) is 7.25. The molecule has 0 N–H and O–H groups in total. The van der Waals surface area contributed by atoms with Crippen molar-refractivity contribution in [2.75, 3.05) is 6.61 Å². The van der Waals surface area contributed by atoms with Gasteiger partial charge in [0.1, 0.15) is 5.60 Å². The van der Waals surface area contributed by atoms with E-state index in [9.17, 15) is 0 Å². The molecule has 2 heteroatoms. The minimum absolute atomic E-state index is 0.0192. The van der Waals surface area contributed by atoms with E-state index in [0.717, 1.165) is 19.4 Å². The van der Waals surface area contributed by atoms with Crippen molar-refractivity contribution in [1.82, 2.24) is 0 Å². The van der Waals surface area contributed by atoms with E-state index in [1.54, 1.807) is 0 Å². The maximum atomic E-state index is 5.66. The van der Waals surface area contributed by atoms with E-state index in [-0.39, 0.29) is 5.60 Å². The Labute approximate surface area is 107 Å². The Hall–Kier alpha value is -0.0800. The molecule has 2 nitrogen and oxygen atoms in total. The number of hydrogen-bond acceptors (Lipinski definition) is 2. The van der Waals surface area contributed by atoms with Crippen LogP contribution in [0.5, 0.6) is 0 Å². The Morgan fingerprint density at radius 2 is 1.76 bits per heavy atom. The summed E-state index contributed by atoms with van der Waals surface area (Å²) in [4.78, 5) is 11.2. The Kier molecular flexibility index (Phi) is 5.46. The minimum Gasteiger partial charge on any atom is -0.236 e. The molecule has 1 saturated carbocycles. The summed E-state index contributed by atoms with van der Waals surface area (Å²) in [5, 5.41) is 0. The van der Waals surface area contributed by atoms with E-state index in [4.69, 9.17) is 9.78 Å². The molecule has 102 valence electrons. The molecule has 1 fully saturated rings. The molecule has 0 radical (unpaired) electrons. The number of hydrogen-bond donors (Lipinski definition) is 0. The van der Waals surface area contributed by atoms with Crippen molar-refractivity contribution in [3.05, 3.63) is 0 Å². The lowest BCUT2D eigenvalue weighted by Crippen LogP contribution is -2.29. The third kappa shape index (κ3) is 4.97. The molecule has 17 heavy (non-hydrogen) atoms. The maximum absolute atomic E-state index is 5.66. The highest BCUT2D eigenvalue weighted by Crippen LogP contribution is 2.34. The normalized spacial score (nSPS) is 21.7. The first-order valence-electron chi connectivity index (χ1n) is 7.18. The lowest BCUT2D eigenvalue weighted by molar-refractivity contribution is -0.363. The molecule has 1 aliphatic rings. The van der Waals surface area contributed by atoms with Crippen LogP contribution in [-0.2, 0) is 9.78 Å². The van der Waals surface area contributed by atoms with Crippen molar-refractivity contribution in [3.63, 3.8) is 0 Å². The van der Waals surface area contributed by atoms with Crippen LogP contribution in [0.4, 0.5) is 0 Å². The topological polar surface area (TPSA) is 18.5 Å². The molecular weight excluding hydrogens is 212 g/mol. The Bertz CT molecular complexity index is 211. The zero-order valence-corrected chi connectivity index (χ0v) is 12.3. The van der Waals surface area contributed by atoms with Crippen molar-refractivity contribution < 1.29 is 9.78 Å². The van der Waals surface area contributed by atoms with Gasteiger partial charge in [0.25, 0.3) is 0 Å². The van der Waals surface area contributed by atoms with Gasteiger partial charge >= 0.3 is 0 Å². The van der Waals surface area contributed by atoms with Crippen LogP contribution in [0.1, 0.15) is 73.1 Å². The van der Waals surface area contributed by atoms with Crippen LogP contribution in [0.2, 0.25) is 0 Å². The van der Waals surface area contributed by atoms with Gasteiger partial charge in [-0.1, -0.05) is 47.0 Å². The lowest BCUT2D eigenvalue weighted by Gasteiger charge is -2.31. The molecule has 0 heterocycles. The molecule has 1 atom stereocenters. The van der Waals surface area contributed by atoms with Gasteiger partial charge in [-0.25, -0.2) is 9.78 Å². The third-order valence-corrected chi connectivity index (χ3v) is 4.05. The standard InChI is InChI=1S/C15H30O2/c1-6-9-13(14(2,3)4)12-16-17-15(5)10-7-8-11-15/h13H,6-12H2,1-5H3. The van der Waals surface area contributed by atoms with Crippen LogP contribution in [-0.4, -0.2) is 12.2 Å². The van der Waals surface area contributed by atoms with E-state index in [2.05, 4.69) is 34.6 Å². The van der Waals surface area contributed by atoms with Gasteiger partial charge in [0.15, 0.2) is 0 Å². The number of rotatable bonds is 6. The molecule has 1 unspecified atom stereocenters. The van der Waals surface area contributed by atoms with Crippen molar-refractivity contribution in [2.45, 2.75) is 78.7 Å². The zero-order valence-electron chi connectivity index (χ0n) is 12.3. The molecule has 0 aromatic rings. The predicted molar refractivity (Wildman–Crippen MR) is 71.8 cm³/mol. The first kappa shape index (κ1) is 15.0. The van der Waals surface area contributed by atoms with E-state index >= 15 is 0 Å². The highest BCUT2D eigenvalue weighted by atomic mass is 17.2. The fraction of sp³-hybridized carbons (Fsp3) is 1.00. The summed E-state index contributed by atoms with van der Waals surface area (Å²) in [7, 11) is 0. The van der Waals surface area contributed by atoms with Crippen LogP contribution >= 0.6 is 0 Å². The van der Waals surface area contributed by atoms with Gasteiger partial charge in [0.2, 0.25) is 0 Å². The summed E-state index contributed by atoms with van der Waals surface area (Å²) in [5.41, 5.74) is 0.282. The van der Waals surface area contributed by atoms with Crippen LogP contribution in [0.3, 0.4) is 0 Å². The van der Waals surface area contributed by atoms with Crippen molar-refractivity contribution in [1.29, 1.82) is 0 Å². The van der Waals surface area contributed by atoms with Gasteiger partial charge in [-0.2, -0.15) is 0 Å². The smallest absolute Gasteiger partial charge is 0.101 e. The molecule has 1 rings (SSSR count). The summed E-state index contributed by atoms with van der Waals surface area (Å²) in [5.74, 6) is 0.581. The molecule has 0 aromatic carbocycles. The van der Waals surface area contributed by atoms with Gasteiger partial charge in [-0.3, -0.25) is 0 Å². The van der Waals surface area contributed by atoms with E-state index in [1.807, 2.05) is 0 Å². The molecule has 0 spiro atoms. The monoisotopic (exact) mass is 242 g/mol. The van der Waals surface area contributed by atoms with Gasteiger partial charge in [0.05, 0.1) is 6.61 Å². The lowest BCUT2D eigenvalue weighted by atomic mass is 9.79. The molecule has 1 aliphatic carbocycles. The van der Waals surface area contributed by atoms with Gasteiger partial charge in [-0.15, -0.1) is 0 Å². The average molecular weight is 242 g/mol. The molecule has 0 saturated heterocycles. The Morgan fingerprint density at radius 1 is 1.18 bits per heavy atom. The summed E-state index contributed by atoms with van der Waals surface area (Å²) < 4.78 is 0. The predicted octanol–water partition coefficient (Wildman–Crippen LogP) is 4.73. The van der Waals surface area contributed by atoms with Crippen LogP contribution in [0, 0.1) is 11.3 Å². The maximum Gasteiger partial charge on any atom is 0.101 e. The quantitative estimate of drug-likeness (QED) is 0.495. The minimum atomic E-state index is -0.0192. The van der Waals surface area contributed by atoms with Crippen LogP contribution in [0.15, 0.2) is 0 Å². The van der Waals surface area contributed by atoms with Crippen LogP contribution in [0.25, 0.3) is 0 Å². The van der Waals surface area contributed by atoms with E-state index in [1.165, 1.54) is 25.7 Å². The Balaban J connectivity index is 2.31. The first-order chi connectivity index (χ1) is 7.87. The molecular formula is C15H30O2. The second-order valence-electron chi connectivity index (χ2n) is 6.88. The fourth-order valence-corrected chi connectivity index (χ4v) is 2.58. The van der Waals surface area contributed by atoms with Gasteiger partial charge in [0, 0.05) is 0 Å². The van der Waals surface area contributed by atoms with E-state index in [0.29, 0.717) is 11.3 Å². The molecule has 0 bridgehead atoms.